The van der Waals surface area contributed by atoms with E-state index in [9.17, 15) is 19.5 Å². The maximum Gasteiger partial charge on any atom is 0.313 e. The molecule has 0 radical (unpaired) electrons. The van der Waals surface area contributed by atoms with Crippen molar-refractivity contribution in [3.8, 4) is 0 Å². The van der Waals surface area contributed by atoms with E-state index in [4.69, 9.17) is 18.7 Å². The number of ether oxygens (including phenoxy) is 2. The van der Waals surface area contributed by atoms with Crippen LogP contribution < -0.4 is 0 Å². The lowest BCUT2D eigenvalue weighted by molar-refractivity contribution is -0.159. The Morgan fingerprint density at radius 2 is 1.82 bits per heavy atom. The van der Waals surface area contributed by atoms with Gasteiger partial charge in [0.05, 0.1) is 0 Å². The average Bonchev–Trinajstić information content (AvgIpc) is 3.36. The van der Waals surface area contributed by atoms with Gasteiger partial charge in [0.25, 0.3) is 0 Å². The first-order chi connectivity index (χ1) is 13.4. The molecule has 28 heavy (non-hydrogen) atoms. The quantitative estimate of drug-likeness (QED) is 0.254. The lowest BCUT2D eigenvalue weighted by Crippen LogP contribution is -2.11. The summed E-state index contributed by atoms with van der Waals surface area (Å²) in [5.41, 5.74) is 0. The topological polar surface area (TPSA) is 136 Å². The largest absolute Gasteiger partial charge is 0.460 e. The number of rotatable bonds is 11. The van der Waals surface area contributed by atoms with Crippen molar-refractivity contribution in [1.82, 2.24) is 0 Å². The van der Waals surface area contributed by atoms with Gasteiger partial charge in [-0.1, -0.05) is 6.92 Å². The lowest BCUT2D eigenvalue weighted by Gasteiger charge is -2.05. The second-order valence-electron chi connectivity index (χ2n) is 5.85. The second-order valence-corrected chi connectivity index (χ2v) is 5.85. The fraction of sp³-hybridized carbons (Fsp3) is 0.421. The number of carbonyl (C=O) groups is 3. The number of hydrogen-bond donors (Lipinski definition) is 2. The van der Waals surface area contributed by atoms with Crippen molar-refractivity contribution in [2.75, 3.05) is 6.61 Å². The maximum absolute atomic E-state index is 12.2. The van der Waals surface area contributed by atoms with Crippen LogP contribution in [0.1, 0.15) is 60.1 Å². The molecule has 0 aliphatic heterocycles. The van der Waals surface area contributed by atoms with E-state index in [1.165, 1.54) is 24.3 Å². The normalized spacial score (nSPS) is 12.0. The zero-order chi connectivity index (χ0) is 20.5. The first-order valence-electron chi connectivity index (χ1n) is 8.76. The summed E-state index contributed by atoms with van der Waals surface area (Å²) in [5.74, 6) is -1.30. The van der Waals surface area contributed by atoms with Gasteiger partial charge in [0.2, 0.25) is 5.78 Å². The van der Waals surface area contributed by atoms with Gasteiger partial charge in [-0.15, -0.1) is 0 Å². The molecule has 0 bridgehead atoms. The van der Waals surface area contributed by atoms with Gasteiger partial charge in [0, 0.05) is 19.4 Å². The van der Waals surface area contributed by atoms with Crippen LogP contribution in [0.3, 0.4) is 0 Å². The first kappa shape index (κ1) is 21.5. The number of aliphatic hydroxyl groups excluding tert-OH is 2. The minimum absolute atomic E-state index is 0.0108. The number of carbonyl (C=O) groups excluding carboxylic acids is 3. The van der Waals surface area contributed by atoms with Gasteiger partial charge in [0.15, 0.2) is 11.9 Å². The van der Waals surface area contributed by atoms with Gasteiger partial charge in [-0.2, -0.15) is 0 Å². The highest BCUT2D eigenvalue weighted by Crippen LogP contribution is 2.22. The summed E-state index contributed by atoms with van der Waals surface area (Å²) in [6.45, 7) is 1.57. The van der Waals surface area contributed by atoms with E-state index in [0.29, 0.717) is 12.2 Å². The van der Waals surface area contributed by atoms with Crippen LogP contribution in [0.2, 0.25) is 0 Å². The Morgan fingerprint density at radius 3 is 2.50 bits per heavy atom. The van der Waals surface area contributed by atoms with Gasteiger partial charge >= 0.3 is 11.9 Å². The van der Waals surface area contributed by atoms with Gasteiger partial charge in [0.1, 0.15) is 30.5 Å². The van der Waals surface area contributed by atoms with Crippen LogP contribution in [0.25, 0.3) is 0 Å². The molecule has 1 unspecified atom stereocenters. The Balaban J connectivity index is 1.75. The molecule has 2 aromatic rings. The van der Waals surface area contributed by atoms with Crippen molar-refractivity contribution in [3.63, 3.8) is 0 Å². The molecule has 2 N–H and O–H groups in total. The molecule has 0 fully saturated rings. The van der Waals surface area contributed by atoms with Crippen LogP contribution in [-0.4, -0.2) is 34.5 Å². The molecule has 0 spiro atoms. The van der Waals surface area contributed by atoms with Crippen molar-refractivity contribution in [2.45, 2.75) is 45.5 Å². The molecule has 0 aliphatic rings. The molecule has 0 amide bonds. The number of esters is 2. The molecule has 9 nitrogen and oxygen atoms in total. The van der Waals surface area contributed by atoms with Gasteiger partial charge < -0.3 is 28.5 Å². The summed E-state index contributed by atoms with van der Waals surface area (Å²) in [6, 6.07) is 5.81. The number of furan rings is 2. The third kappa shape index (κ3) is 6.15. The summed E-state index contributed by atoms with van der Waals surface area (Å²) in [5, 5.41) is 19.0. The van der Waals surface area contributed by atoms with Crippen LogP contribution in [0.15, 0.2) is 33.1 Å². The molecule has 0 aliphatic carbocycles. The minimum atomic E-state index is -1.54. The number of hydrogen-bond acceptors (Lipinski definition) is 9. The molecule has 0 saturated carbocycles. The van der Waals surface area contributed by atoms with Crippen molar-refractivity contribution in [3.05, 3.63) is 47.3 Å². The first-order valence-corrected chi connectivity index (χ1v) is 8.76. The van der Waals surface area contributed by atoms with Crippen molar-refractivity contribution >= 4 is 17.7 Å². The number of Topliss-reactive ketones (excluding diaryl/α,β-unsaturated/α-hetero) is 1. The summed E-state index contributed by atoms with van der Waals surface area (Å²) >= 11 is 0. The van der Waals surface area contributed by atoms with Gasteiger partial charge in [-0.3, -0.25) is 14.4 Å². The maximum atomic E-state index is 12.2. The highest BCUT2D eigenvalue weighted by atomic mass is 16.6. The van der Waals surface area contributed by atoms with Crippen LogP contribution >= 0.6 is 0 Å². The Hall–Kier alpha value is -2.75. The van der Waals surface area contributed by atoms with E-state index in [0.717, 1.165) is 0 Å². The number of ketones is 1. The van der Waals surface area contributed by atoms with Gasteiger partial charge in [-0.05, 0) is 30.7 Å². The van der Waals surface area contributed by atoms with E-state index in [2.05, 4.69) is 4.74 Å². The van der Waals surface area contributed by atoms with E-state index in [-0.39, 0.29) is 49.9 Å². The fourth-order valence-electron chi connectivity index (χ4n) is 2.22. The van der Waals surface area contributed by atoms with Crippen molar-refractivity contribution in [2.24, 2.45) is 0 Å². The summed E-state index contributed by atoms with van der Waals surface area (Å²) in [6.07, 6.45) is -0.984. The summed E-state index contributed by atoms with van der Waals surface area (Å²) in [7, 11) is 0. The molecule has 2 heterocycles. The Labute approximate surface area is 160 Å². The predicted molar refractivity (Wildman–Crippen MR) is 92.9 cm³/mol. The molecule has 1 atom stereocenters. The monoisotopic (exact) mass is 394 g/mol. The molecule has 152 valence electrons. The summed E-state index contributed by atoms with van der Waals surface area (Å²) < 4.78 is 20.4. The van der Waals surface area contributed by atoms with Crippen LogP contribution in [0.4, 0.5) is 0 Å². The predicted octanol–water partition coefficient (Wildman–Crippen LogP) is 2.06. The zero-order valence-corrected chi connectivity index (χ0v) is 15.4. The molecule has 2 aromatic heterocycles. The minimum Gasteiger partial charge on any atom is -0.460 e. The molecular formula is C19H22O9. The standard InChI is InChI=1S/C19H22O9/c1-2-16(21)28-17(22)4-3-9-25-11-13-6-8-15(27-13)19(24)18(23)14-7-5-12(10-20)26-14/h5-8,18,20,23H,2-4,9-11H2,1H3. The Morgan fingerprint density at radius 1 is 1.07 bits per heavy atom. The zero-order valence-electron chi connectivity index (χ0n) is 15.4. The SMILES string of the molecule is CCC(=O)OC(=O)CCCOCc1ccc(C(=O)C(O)c2ccc(CO)o2)o1. The second kappa shape index (κ2) is 10.5. The van der Waals surface area contributed by atoms with E-state index >= 15 is 0 Å². The number of aliphatic hydroxyl groups is 2. The Kier molecular flexibility index (Phi) is 8.12. The average molecular weight is 394 g/mol. The Bertz CT molecular complexity index is 802. The van der Waals surface area contributed by atoms with Gasteiger partial charge in [-0.25, -0.2) is 0 Å². The highest BCUT2D eigenvalue weighted by Gasteiger charge is 2.25. The summed E-state index contributed by atoms with van der Waals surface area (Å²) in [4.78, 5) is 34.5. The molecular weight excluding hydrogens is 372 g/mol. The molecule has 0 saturated heterocycles. The van der Waals surface area contributed by atoms with Crippen LogP contribution in [-0.2, 0) is 32.3 Å². The molecule has 0 aromatic carbocycles. The highest BCUT2D eigenvalue weighted by molar-refractivity contribution is 5.97. The molecule has 9 heteroatoms. The van der Waals surface area contributed by atoms with Crippen LogP contribution in [0.5, 0.6) is 0 Å². The lowest BCUT2D eigenvalue weighted by atomic mass is 10.1. The third-order valence-electron chi connectivity index (χ3n) is 3.69. The van der Waals surface area contributed by atoms with E-state index in [1.54, 1.807) is 6.92 Å². The van der Waals surface area contributed by atoms with Crippen molar-refractivity contribution < 1.29 is 42.9 Å². The third-order valence-corrected chi connectivity index (χ3v) is 3.69. The van der Waals surface area contributed by atoms with E-state index in [1.807, 2.05) is 0 Å². The van der Waals surface area contributed by atoms with E-state index < -0.39 is 23.8 Å². The van der Waals surface area contributed by atoms with Crippen LogP contribution in [0, 0.1) is 0 Å². The smallest absolute Gasteiger partial charge is 0.313 e. The van der Waals surface area contributed by atoms with Crippen molar-refractivity contribution in [1.29, 1.82) is 0 Å². The fourth-order valence-corrected chi connectivity index (χ4v) is 2.22. The molecule has 2 rings (SSSR count).